The topological polar surface area (TPSA) is 102 Å². The summed E-state index contributed by atoms with van der Waals surface area (Å²) in [7, 11) is 0. The molecule has 0 radical (unpaired) electrons. The second kappa shape index (κ2) is 12.6. The lowest BCUT2D eigenvalue weighted by Crippen LogP contribution is -2.22. The molecule has 0 saturated carbocycles. The summed E-state index contributed by atoms with van der Waals surface area (Å²) in [5.41, 5.74) is 0.527. The van der Waals surface area contributed by atoms with Gasteiger partial charge in [-0.3, -0.25) is 4.79 Å². The van der Waals surface area contributed by atoms with E-state index in [9.17, 15) is 22.7 Å². The summed E-state index contributed by atoms with van der Waals surface area (Å²) in [4.78, 5) is 16.9. The van der Waals surface area contributed by atoms with Gasteiger partial charge in [-0.2, -0.15) is 13.2 Å². The first-order valence-electron chi connectivity index (χ1n) is 12.6. The summed E-state index contributed by atoms with van der Waals surface area (Å²) < 4.78 is 67.6. The SMILES string of the molecule is Cc1nc(OCCC(C)(C)O)ccc1-c1cc(COc2cc3c(cn2)C[C@@H](C)C3)c(F)cc1C(F)(F)F.O=CO. The fourth-order valence-corrected chi connectivity index (χ4v) is 4.43. The van der Waals surface area contributed by atoms with E-state index in [0.29, 0.717) is 30.0 Å². The zero-order valence-electron chi connectivity index (χ0n) is 22.7. The van der Waals surface area contributed by atoms with Gasteiger partial charge in [0.05, 0.1) is 17.8 Å². The summed E-state index contributed by atoms with van der Waals surface area (Å²) in [6, 6.07) is 6.40. The van der Waals surface area contributed by atoms with Crippen molar-refractivity contribution in [1.82, 2.24) is 9.97 Å². The molecule has 0 bridgehead atoms. The van der Waals surface area contributed by atoms with E-state index >= 15 is 0 Å². The molecule has 1 atom stereocenters. The molecular weight excluding hydrogens is 532 g/mol. The molecule has 0 fully saturated rings. The van der Waals surface area contributed by atoms with Crippen molar-refractivity contribution in [3.63, 3.8) is 0 Å². The molecule has 40 heavy (non-hydrogen) atoms. The monoisotopic (exact) mass is 564 g/mol. The number of nitrogens with zero attached hydrogens (tertiary/aromatic N) is 2. The number of aromatic nitrogens is 2. The number of aryl methyl sites for hydroxylation is 1. The third kappa shape index (κ3) is 8.14. The first-order chi connectivity index (χ1) is 18.7. The third-order valence-electron chi connectivity index (χ3n) is 6.38. The summed E-state index contributed by atoms with van der Waals surface area (Å²) in [5.74, 6) is 0.0287. The largest absolute Gasteiger partial charge is 0.483 e. The van der Waals surface area contributed by atoms with E-state index < -0.39 is 23.2 Å². The van der Waals surface area contributed by atoms with Gasteiger partial charge in [-0.05, 0) is 74.4 Å². The van der Waals surface area contributed by atoms with Crippen LogP contribution in [0.1, 0.15) is 55.1 Å². The van der Waals surface area contributed by atoms with E-state index in [4.69, 9.17) is 19.4 Å². The van der Waals surface area contributed by atoms with Crippen LogP contribution in [0, 0.1) is 18.7 Å². The van der Waals surface area contributed by atoms with Crippen LogP contribution in [0.25, 0.3) is 11.1 Å². The van der Waals surface area contributed by atoms with E-state index in [0.717, 1.165) is 30.0 Å². The van der Waals surface area contributed by atoms with Crippen molar-refractivity contribution in [1.29, 1.82) is 0 Å². The molecule has 11 heteroatoms. The number of benzene rings is 1. The van der Waals surface area contributed by atoms with Crippen LogP contribution in [0.15, 0.2) is 36.5 Å². The quantitative estimate of drug-likeness (QED) is 0.249. The number of carbonyl (C=O) groups is 1. The fourth-order valence-electron chi connectivity index (χ4n) is 4.43. The molecule has 3 aromatic rings. The second-order valence-corrected chi connectivity index (χ2v) is 10.4. The Morgan fingerprint density at radius 2 is 1.73 bits per heavy atom. The molecule has 1 aromatic carbocycles. The Morgan fingerprint density at radius 3 is 2.35 bits per heavy atom. The van der Waals surface area contributed by atoms with Gasteiger partial charge in [-0.15, -0.1) is 0 Å². The molecule has 0 saturated heterocycles. The van der Waals surface area contributed by atoms with Crippen LogP contribution in [-0.4, -0.2) is 38.9 Å². The number of carboxylic acid groups (broad SMARTS) is 1. The lowest BCUT2D eigenvalue weighted by atomic mass is 9.95. The number of rotatable bonds is 8. The van der Waals surface area contributed by atoms with E-state index in [-0.39, 0.29) is 42.3 Å². The molecule has 1 aliphatic rings. The Kier molecular flexibility index (Phi) is 9.73. The molecule has 2 N–H and O–H groups in total. The Balaban J connectivity index is 0.00000141. The second-order valence-electron chi connectivity index (χ2n) is 10.4. The van der Waals surface area contributed by atoms with Crippen molar-refractivity contribution in [3.8, 4) is 22.9 Å². The molecule has 2 aromatic heterocycles. The van der Waals surface area contributed by atoms with Gasteiger partial charge in [-0.25, -0.2) is 14.4 Å². The maximum Gasteiger partial charge on any atom is 0.417 e. The molecule has 216 valence electrons. The van der Waals surface area contributed by atoms with Crippen molar-refractivity contribution in [3.05, 3.63) is 70.3 Å². The van der Waals surface area contributed by atoms with Crippen LogP contribution in [0.4, 0.5) is 17.6 Å². The maximum atomic E-state index is 14.8. The molecular formula is C29H32F4N2O5. The molecule has 0 aliphatic heterocycles. The number of halogens is 4. The van der Waals surface area contributed by atoms with Crippen molar-refractivity contribution in [2.75, 3.05) is 6.61 Å². The standard InChI is InChI=1S/C28H30F4N2O3.CH2O2/c1-16-9-18-12-26(33-14-19(18)10-16)37-15-20-11-22(23(13-24(20)29)28(30,31)32)21-5-6-25(34-17(21)2)36-8-7-27(3,4)35;2-1-3/h5-6,11-14,16,35H,7-10,15H2,1-4H3;1H,(H,2,3)/t16-;/m0./s1. The van der Waals surface area contributed by atoms with Gasteiger partial charge in [0.15, 0.2) is 0 Å². The molecule has 0 unspecified atom stereocenters. The minimum Gasteiger partial charge on any atom is -0.483 e. The Bertz CT molecular complexity index is 1340. The molecule has 0 amide bonds. The highest BCUT2D eigenvalue weighted by molar-refractivity contribution is 5.71. The Labute approximate surface area is 229 Å². The van der Waals surface area contributed by atoms with Gasteiger partial charge in [0, 0.05) is 41.6 Å². The highest BCUT2D eigenvalue weighted by Gasteiger charge is 2.35. The summed E-state index contributed by atoms with van der Waals surface area (Å²) in [6.07, 6.45) is -0.842. The van der Waals surface area contributed by atoms with Crippen LogP contribution >= 0.6 is 0 Å². The third-order valence-corrected chi connectivity index (χ3v) is 6.38. The van der Waals surface area contributed by atoms with Gasteiger partial charge in [0.25, 0.3) is 6.47 Å². The van der Waals surface area contributed by atoms with Gasteiger partial charge in [0.1, 0.15) is 12.4 Å². The van der Waals surface area contributed by atoms with E-state index in [1.54, 1.807) is 27.0 Å². The highest BCUT2D eigenvalue weighted by Crippen LogP contribution is 2.40. The van der Waals surface area contributed by atoms with Gasteiger partial charge < -0.3 is 19.7 Å². The maximum absolute atomic E-state index is 14.8. The molecule has 4 rings (SSSR count). The molecule has 2 heterocycles. The van der Waals surface area contributed by atoms with E-state index in [1.807, 2.05) is 6.07 Å². The summed E-state index contributed by atoms with van der Waals surface area (Å²) >= 11 is 0. The lowest BCUT2D eigenvalue weighted by Gasteiger charge is -2.18. The molecule has 7 nitrogen and oxygen atoms in total. The molecule has 0 spiro atoms. The number of hydrogen-bond donors (Lipinski definition) is 2. The average molecular weight is 565 g/mol. The number of aliphatic hydroxyl groups is 1. The van der Waals surface area contributed by atoms with Gasteiger partial charge in [0.2, 0.25) is 11.8 Å². The van der Waals surface area contributed by atoms with Crippen molar-refractivity contribution in [2.24, 2.45) is 5.92 Å². The number of alkyl halides is 3. The zero-order chi connectivity index (χ0) is 29.7. The first kappa shape index (κ1) is 30.8. The smallest absolute Gasteiger partial charge is 0.417 e. The van der Waals surface area contributed by atoms with Crippen LogP contribution in [0.3, 0.4) is 0 Å². The van der Waals surface area contributed by atoms with Crippen LogP contribution in [0.5, 0.6) is 11.8 Å². The van der Waals surface area contributed by atoms with E-state index in [1.165, 1.54) is 12.1 Å². The van der Waals surface area contributed by atoms with E-state index in [2.05, 4.69) is 16.9 Å². The summed E-state index contributed by atoms with van der Waals surface area (Å²) in [5, 5.41) is 16.7. The number of fused-ring (bicyclic) bond motifs is 1. The zero-order valence-corrected chi connectivity index (χ0v) is 22.7. The number of hydrogen-bond acceptors (Lipinski definition) is 6. The Morgan fingerprint density at radius 1 is 1.05 bits per heavy atom. The fraction of sp³-hybridized carbons (Fsp3) is 0.414. The minimum absolute atomic E-state index is 0.0245. The highest BCUT2D eigenvalue weighted by atomic mass is 19.4. The molecule has 1 aliphatic carbocycles. The van der Waals surface area contributed by atoms with Crippen LogP contribution < -0.4 is 9.47 Å². The van der Waals surface area contributed by atoms with Crippen molar-refractivity contribution >= 4 is 6.47 Å². The van der Waals surface area contributed by atoms with Crippen molar-refractivity contribution < 1.29 is 42.0 Å². The summed E-state index contributed by atoms with van der Waals surface area (Å²) in [6.45, 7) is 6.67. The Hall–Kier alpha value is -3.73. The van der Waals surface area contributed by atoms with Gasteiger partial charge in [-0.1, -0.05) is 6.92 Å². The first-order valence-corrected chi connectivity index (χ1v) is 12.6. The van der Waals surface area contributed by atoms with Crippen molar-refractivity contribution in [2.45, 2.75) is 65.3 Å². The normalized spacial score (nSPS) is 14.7. The number of pyridine rings is 2. The van der Waals surface area contributed by atoms with Gasteiger partial charge >= 0.3 is 6.18 Å². The van der Waals surface area contributed by atoms with Crippen LogP contribution in [-0.2, 0) is 30.4 Å². The average Bonchev–Trinajstić information content (AvgIpc) is 3.22. The van der Waals surface area contributed by atoms with Crippen LogP contribution in [0.2, 0.25) is 0 Å². The number of ether oxygens (including phenoxy) is 2. The predicted molar refractivity (Wildman–Crippen MR) is 140 cm³/mol. The predicted octanol–water partition coefficient (Wildman–Crippen LogP) is 6.16. The lowest BCUT2D eigenvalue weighted by molar-refractivity contribution is -0.137. The minimum atomic E-state index is -4.78.